The van der Waals surface area contributed by atoms with E-state index in [1.165, 1.54) is 12.8 Å². The van der Waals surface area contributed by atoms with Crippen LogP contribution in [0.3, 0.4) is 0 Å². The first kappa shape index (κ1) is 15.3. The molecule has 1 unspecified atom stereocenters. The smallest absolute Gasteiger partial charge is 0.187 e. The van der Waals surface area contributed by atoms with Gasteiger partial charge in [-0.05, 0) is 52.5 Å². The Hall–Kier alpha value is -1.12. The standard InChI is InChI=1S/C15H22N4S/c1-10-11(2)17-14(18-12(10)3)20-8-7-15(4,9-16)19-13-5-6-13/h13,19H,5-8H2,1-4H3. The van der Waals surface area contributed by atoms with E-state index >= 15 is 0 Å². The van der Waals surface area contributed by atoms with Crippen LogP contribution < -0.4 is 5.32 Å². The number of nitrogens with zero attached hydrogens (tertiary/aromatic N) is 3. The predicted molar refractivity (Wildman–Crippen MR) is 81.8 cm³/mol. The molecule has 20 heavy (non-hydrogen) atoms. The SMILES string of the molecule is Cc1nc(SCCC(C)(C#N)NC2CC2)nc(C)c1C. The molecule has 108 valence electrons. The lowest BCUT2D eigenvalue weighted by molar-refractivity contribution is 0.433. The Labute approximate surface area is 125 Å². The lowest BCUT2D eigenvalue weighted by Gasteiger charge is -2.22. The molecule has 0 amide bonds. The van der Waals surface area contributed by atoms with Crippen molar-refractivity contribution in [2.45, 2.75) is 63.7 Å². The molecular formula is C15H22N4S. The normalized spacial score (nSPS) is 17.6. The maximum atomic E-state index is 9.33. The highest BCUT2D eigenvalue weighted by molar-refractivity contribution is 7.99. The van der Waals surface area contributed by atoms with Gasteiger partial charge in [0.05, 0.1) is 6.07 Å². The van der Waals surface area contributed by atoms with Crippen LogP contribution in [0.5, 0.6) is 0 Å². The summed E-state index contributed by atoms with van der Waals surface area (Å²) in [5.74, 6) is 0.853. The molecule has 1 aromatic heterocycles. The summed E-state index contributed by atoms with van der Waals surface area (Å²) in [6.07, 6.45) is 3.20. The zero-order valence-corrected chi connectivity index (χ0v) is 13.5. The molecule has 1 atom stereocenters. The van der Waals surface area contributed by atoms with Crippen molar-refractivity contribution in [1.29, 1.82) is 5.26 Å². The van der Waals surface area contributed by atoms with Gasteiger partial charge in [0.15, 0.2) is 5.16 Å². The summed E-state index contributed by atoms with van der Waals surface area (Å²) in [4.78, 5) is 9.00. The molecule has 0 saturated heterocycles. The van der Waals surface area contributed by atoms with Gasteiger partial charge in [0, 0.05) is 23.2 Å². The summed E-state index contributed by atoms with van der Waals surface area (Å²) >= 11 is 1.63. The second kappa shape index (κ2) is 6.11. The Morgan fingerprint density at radius 1 is 1.30 bits per heavy atom. The Morgan fingerprint density at radius 3 is 2.40 bits per heavy atom. The van der Waals surface area contributed by atoms with E-state index < -0.39 is 5.54 Å². The molecule has 1 aliphatic carbocycles. The molecule has 1 saturated carbocycles. The summed E-state index contributed by atoms with van der Waals surface area (Å²) in [6.45, 7) is 8.06. The number of hydrogen-bond donors (Lipinski definition) is 1. The van der Waals surface area contributed by atoms with Crippen LogP contribution in [0, 0.1) is 32.1 Å². The molecule has 0 radical (unpaired) electrons. The summed E-state index contributed by atoms with van der Waals surface area (Å²) in [6, 6.07) is 2.95. The Bertz CT molecular complexity index is 510. The van der Waals surface area contributed by atoms with Gasteiger partial charge in [-0.2, -0.15) is 5.26 Å². The van der Waals surface area contributed by atoms with Gasteiger partial charge in [0.1, 0.15) is 5.54 Å². The molecule has 5 heteroatoms. The summed E-state index contributed by atoms with van der Waals surface area (Å²) in [5, 5.41) is 13.6. The van der Waals surface area contributed by atoms with E-state index in [1.807, 2.05) is 27.7 Å². The average molecular weight is 290 g/mol. The number of nitriles is 1. The van der Waals surface area contributed by atoms with Gasteiger partial charge in [-0.25, -0.2) is 9.97 Å². The highest BCUT2D eigenvalue weighted by atomic mass is 32.2. The third-order valence-electron chi connectivity index (χ3n) is 3.79. The minimum atomic E-state index is -0.428. The minimum absolute atomic E-state index is 0.428. The molecule has 1 fully saturated rings. The van der Waals surface area contributed by atoms with Crippen molar-refractivity contribution >= 4 is 11.8 Å². The molecule has 1 heterocycles. The first-order chi connectivity index (χ1) is 9.43. The largest absolute Gasteiger partial charge is 0.297 e. The second-order valence-electron chi connectivity index (χ2n) is 5.76. The summed E-state index contributed by atoms with van der Waals surface area (Å²) in [7, 11) is 0. The topological polar surface area (TPSA) is 61.6 Å². The first-order valence-electron chi connectivity index (χ1n) is 7.07. The molecule has 0 bridgehead atoms. The molecule has 1 aliphatic rings. The van der Waals surface area contributed by atoms with Gasteiger partial charge in [0.2, 0.25) is 0 Å². The lowest BCUT2D eigenvalue weighted by Crippen LogP contribution is -2.42. The minimum Gasteiger partial charge on any atom is -0.297 e. The third-order valence-corrected chi connectivity index (χ3v) is 4.64. The monoisotopic (exact) mass is 290 g/mol. The molecule has 1 aromatic rings. The van der Waals surface area contributed by atoms with Crippen molar-refractivity contribution < 1.29 is 0 Å². The maximum absolute atomic E-state index is 9.33. The predicted octanol–water partition coefficient (Wildman–Crippen LogP) is 2.92. The molecule has 1 N–H and O–H groups in total. The molecule has 0 aliphatic heterocycles. The quantitative estimate of drug-likeness (QED) is 0.645. The number of thioether (sulfide) groups is 1. The second-order valence-corrected chi connectivity index (χ2v) is 6.83. The Balaban J connectivity index is 1.90. The van der Waals surface area contributed by atoms with E-state index in [2.05, 4.69) is 21.4 Å². The van der Waals surface area contributed by atoms with Gasteiger partial charge in [-0.15, -0.1) is 0 Å². The van der Waals surface area contributed by atoms with Crippen LogP contribution in [-0.4, -0.2) is 27.3 Å². The molecule has 4 nitrogen and oxygen atoms in total. The molecule has 0 aromatic carbocycles. The highest BCUT2D eigenvalue weighted by Gasteiger charge is 2.32. The van der Waals surface area contributed by atoms with Crippen molar-refractivity contribution in [3.63, 3.8) is 0 Å². The van der Waals surface area contributed by atoms with Crippen LogP contribution in [0.2, 0.25) is 0 Å². The molecular weight excluding hydrogens is 268 g/mol. The third kappa shape index (κ3) is 3.94. The number of aryl methyl sites for hydroxylation is 2. The van der Waals surface area contributed by atoms with Crippen LogP contribution in [-0.2, 0) is 0 Å². The van der Waals surface area contributed by atoms with E-state index in [0.717, 1.165) is 34.3 Å². The van der Waals surface area contributed by atoms with Crippen molar-refractivity contribution in [3.05, 3.63) is 17.0 Å². The lowest BCUT2D eigenvalue weighted by atomic mass is 10.0. The number of hydrogen-bond acceptors (Lipinski definition) is 5. The van der Waals surface area contributed by atoms with Gasteiger partial charge < -0.3 is 0 Å². The van der Waals surface area contributed by atoms with Crippen LogP contribution in [0.15, 0.2) is 5.16 Å². The van der Waals surface area contributed by atoms with Gasteiger partial charge >= 0.3 is 0 Å². The van der Waals surface area contributed by atoms with E-state index in [1.54, 1.807) is 11.8 Å². The fraction of sp³-hybridized carbons (Fsp3) is 0.667. The Morgan fingerprint density at radius 2 is 1.90 bits per heavy atom. The van der Waals surface area contributed by atoms with Crippen LogP contribution in [0.1, 0.15) is 43.1 Å². The zero-order chi connectivity index (χ0) is 14.8. The van der Waals surface area contributed by atoms with Crippen molar-refractivity contribution in [2.75, 3.05) is 5.75 Å². The summed E-state index contributed by atoms with van der Waals surface area (Å²) in [5.41, 5.74) is 2.81. The van der Waals surface area contributed by atoms with Gasteiger partial charge in [-0.3, -0.25) is 5.32 Å². The van der Waals surface area contributed by atoms with Crippen LogP contribution in [0.25, 0.3) is 0 Å². The number of nitrogens with one attached hydrogen (secondary N) is 1. The number of rotatable bonds is 6. The first-order valence-corrected chi connectivity index (χ1v) is 8.06. The van der Waals surface area contributed by atoms with Gasteiger partial charge in [0.25, 0.3) is 0 Å². The van der Waals surface area contributed by atoms with Crippen molar-refractivity contribution in [1.82, 2.24) is 15.3 Å². The van der Waals surface area contributed by atoms with Crippen molar-refractivity contribution in [2.24, 2.45) is 0 Å². The van der Waals surface area contributed by atoms with E-state index in [0.29, 0.717) is 6.04 Å². The maximum Gasteiger partial charge on any atom is 0.187 e. The number of aromatic nitrogens is 2. The summed E-state index contributed by atoms with van der Waals surface area (Å²) < 4.78 is 0. The van der Waals surface area contributed by atoms with Crippen molar-refractivity contribution in [3.8, 4) is 6.07 Å². The van der Waals surface area contributed by atoms with Crippen LogP contribution >= 0.6 is 11.8 Å². The zero-order valence-electron chi connectivity index (χ0n) is 12.7. The molecule has 0 spiro atoms. The van der Waals surface area contributed by atoms with Crippen LogP contribution in [0.4, 0.5) is 0 Å². The fourth-order valence-electron chi connectivity index (χ4n) is 1.99. The van der Waals surface area contributed by atoms with E-state index in [-0.39, 0.29) is 0 Å². The van der Waals surface area contributed by atoms with E-state index in [4.69, 9.17) is 0 Å². The van der Waals surface area contributed by atoms with E-state index in [9.17, 15) is 5.26 Å². The highest BCUT2D eigenvalue weighted by Crippen LogP contribution is 2.26. The fourth-order valence-corrected chi connectivity index (χ4v) is 3.09. The Kier molecular flexibility index (Phi) is 4.66. The molecule has 2 rings (SSSR count). The average Bonchev–Trinajstić information content (AvgIpc) is 3.19. The van der Waals surface area contributed by atoms with Gasteiger partial charge in [-0.1, -0.05) is 11.8 Å².